The second kappa shape index (κ2) is 28.6. The lowest BCUT2D eigenvalue weighted by atomic mass is 10.1. The van der Waals surface area contributed by atoms with Crippen LogP contribution in [0.4, 0.5) is 0 Å². The van der Waals surface area contributed by atoms with Crippen LogP contribution < -0.4 is 0 Å². The Morgan fingerprint density at radius 2 is 0.971 bits per heavy atom. The van der Waals surface area contributed by atoms with Crippen LogP contribution in [0.2, 0.25) is 0 Å². The normalized spacial score (nSPS) is 11.3. The topological polar surface area (TPSA) is 38.8 Å². The average molecular weight is 484 g/mol. The van der Waals surface area contributed by atoms with Crippen molar-refractivity contribution in [3.05, 3.63) is 0 Å². The number of rotatable bonds is 28. The van der Waals surface area contributed by atoms with Crippen molar-refractivity contribution in [3.63, 3.8) is 0 Å². The monoisotopic (exact) mass is 483 g/mol. The Hall–Kier alpha value is -0.610. The molecule has 0 atom stereocenters. The van der Waals surface area contributed by atoms with Crippen LogP contribution in [-0.4, -0.2) is 50.8 Å². The number of unbranched alkanes of at least 4 members (excludes halogenated alkanes) is 18. The molecule has 4 heteroatoms. The Bertz CT molecular complexity index is 403. The van der Waals surface area contributed by atoms with Crippen molar-refractivity contribution in [1.29, 1.82) is 0 Å². The molecule has 0 spiro atoms. The maximum atomic E-state index is 12.8. The van der Waals surface area contributed by atoms with Gasteiger partial charge in [-0.05, 0) is 12.8 Å². The second-order valence-corrected chi connectivity index (χ2v) is 10.1. The fraction of sp³-hybridized carbons (Fsp3) is 0.967. The summed E-state index contributed by atoms with van der Waals surface area (Å²) in [6.45, 7) is 7.99. The van der Waals surface area contributed by atoms with Crippen LogP contribution in [0.1, 0.15) is 149 Å². The smallest absolute Gasteiger partial charge is 0.222 e. The van der Waals surface area contributed by atoms with Crippen LogP contribution in [-0.2, 0) is 14.3 Å². The Kier molecular flexibility index (Phi) is 28.1. The molecule has 1 amide bonds. The van der Waals surface area contributed by atoms with Crippen LogP contribution in [0.3, 0.4) is 0 Å². The van der Waals surface area contributed by atoms with Crippen LogP contribution in [0, 0.1) is 0 Å². The molecule has 0 N–H and O–H groups in total. The standard InChI is InChI=1S/C30H61NO3/c1-4-6-8-10-12-14-15-16-17-19-21-23-25-31(26-27-34-29-28-33-3)30(32)24-22-20-18-13-11-9-7-5-2/h4-29H2,1-3H3. The van der Waals surface area contributed by atoms with Crippen molar-refractivity contribution in [3.8, 4) is 0 Å². The lowest BCUT2D eigenvalue weighted by Gasteiger charge is -2.23. The molecule has 0 bridgehead atoms. The first kappa shape index (κ1) is 33.4. The van der Waals surface area contributed by atoms with E-state index in [1.54, 1.807) is 7.11 Å². The van der Waals surface area contributed by atoms with Crippen molar-refractivity contribution >= 4 is 5.91 Å². The molecule has 0 aliphatic rings. The van der Waals surface area contributed by atoms with E-state index in [0.717, 1.165) is 25.9 Å². The third kappa shape index (κ3) is 24.5. The van der Waals surface area contributed by atoms with E-state index in [9.17, 15) is 4.79 Å². The van der Waals surface area contributed by atoms with Gasteiger partial charge >= 0.3 is 0 Å². The first-order valence-corrected chi connectivity index (χ1v) is 15.1. The molecule has 0 fully saturated rings. The van der Waals surface area contributed by atoms with Gasteiger partial charge in [-0.3, -0.25) is 4.79 Å². The van der Waals surface area contributed by atoms with E-state index >= 15 is 0 Å². The van der Waals surface area contributed by atoms with Crippen molar-refractivity contribution in [1.82, 2.24) is 4.90 Å². The first-order valence-electron chi connectivity index (χ1n) is 15.1. The zero-order valence-electron chi connectivity index (χ0n) is 23.6. The molecule has 0 aliphatic carbocycles. The number of carbonyl (C=O) groups is 1. The van der Waals surface area contributed by atoms with E-state index in [-0.39, 0.29) is 0 Å². The number of hydrogen-bond donors (Lipinski definition) is 0. The third-order valence-electron chi connectivity index (χ3n) is 6.82. The van der Waals surface area contributed by atoms with Gasteiger partial charge in [0.1, 0.15) is 0 Å². The van der Waals surface area contributed by atoms with E-state index in [1.807, 2.05) is 0 Å². The quantitative estimate of drug-likeness (QED) is 0.104. The summed E-state index contributed by atoms with van der Waals surface area (Å²) < 4.78 is 10.7. The summed E-state index contributed by atoms with van der Waals surface area (Å²) in [7, 11) is 1.69. The number of amides is 1. The number of ether oxygens (including phenoxy) is 2. The van der Waals surface area contributed by atoms with Crippen molar-refractivity contribution in [2.24, 2.45) is 0 Å². The molecule has 0 radical (unpaired) electrons. The zero-order chi connectivity index (χ0) is 25.0. The van der Waals surface area contributed by atoms with Crippen LogP contribution in [0.5, 0.6) is 0 Å². The summed E-state index contributed by atoms with van der Waals surface area (Å²) in [6.07, 6.45) is 27.1. The van der Waals surface area contributed by atoms with Gasteiger partial charge in [-0.2, -0.15) is 0 Å². The van der Waals surface area contributed by atoms with E-state index in [2.05, 4.69) is 18.7 Å². The summed E-state index contributed by atoms with van der Waals surface area (Å²) in [4.78, 5) is 14.9. The van der Waals surface area contributed by atoms with Crippen molar-refractivity contribution < 1.29 is 14.3 Å². The molecule has 0 aliphatic heterocycles. The highest BCUT2D eigenvalue weighted by atomic mass is 16.5. The minimum Gasteiger partial charge on any atom is -0.382 e. The zero-order valence-corrected chi connectivity index (χ0v) is 23.6. The lowest BCUT2D eigenvalue weighted by molar-refractivity contribution is -0.132. The highest BCUT2D eigenvalue weighted by Gasteiger charge is 2.12. The van der Waals surface area contributed by atoms with Gasteiger partial charge in [0.2, 0.25) is 5.91 Å². The Labute approximate surface area is 213 Å². The predicted molar refractivity (Wildman–Crippen MR) is 148 cm³/mol. The number of hydrogen-bond acceptors (Lipinski definition) is 3. The maximum Gasteiger partial charge on any atom is 0.222 e. The largest absolute Gasteiger partial charge is 0.382 e. The Balaban J connectivity index is 3.91. The van der Waals surface area contributed by atoms with Gasteiger partial charge in [0.05, 0.1) is 19.8 Å². The molecule has 34 heavy (non-hydrogen) atoms. The number of carbonyl (C=O) groups excluding carboxylic acids is 1. The van der Waals surface area contributed by atoms with Gasteiger partial charge in [-0.25, -0.2) is 0 Å². The summed E-state index contributed by atoms with van der Waals surface area (Å²) in [5.74, 6) is 0.324. The Morgan fingerprint density at radius 1 is 0.529 bits per heavy atom. The first-order chi connectivity index (χ1) is 16.8. The van der Waals surface area contributed by atoms with Crippen LogP contribution >= 0.6 is 0 Å². The molecule has 0 aromatic heterocycles. The molecule has 0 unspecified atom stereocenters. The third-order valence-corrected chi connectivity index (χ3v) is 6.82. The van der Waals surface area contributed by atoms with E-state index in [4.69, 9.17) is 9.47 Å². The molecule has 0 heterocycles. The van der Waals surface area contributed by atoms with Gasteiger partial charge < -0.3 is 14.4 Å². The van der Waals surface area contributed by atoms with Gasteiger partial charge in [0.15, 0.2) is 0 Å². The Morgan fingerprint density at radius 3 is 1.44 bits per heavy atom. The molecular weight excluding hydrogens is 422 g/mol. The number of nitrogens with zero attached hydrogens (tertiary/aromatic N) is 1. The van der Waals surface area contributed by atoms with Gasteiger partial charge in [0, 0.05) is 26.6 Å². The van der Waals surface area contributed by atoms with E-state index in [0.29, 0.717) is 32.1 Å². The van der Waals surface area contributed by atoms with E-state index in [1.165, 1.54) is 116 Å². The highest BCUT2D eigenvalue weighted by molar-refractivity contribution is 5.76. The van der Waals surface area contributed by atoms with Gasteiger partial charge in [-0.1, -0.05) is 129 Å². The molecule has 0 aromatic carbocycles. The summed E-state index contributed by atoms with van der Waals surface area (Å²) >= 11 is 0. The van der Waals surface area contributed by atoms with Crippen LogP contribution in [0.25, 0.3) is 0 Å². The van der Waals surface area contributed by atoms with E-state index < -0.39 is 0 Å². The SMILES string of the molecule is CCCCCCCCCCCCCCN(CCOCCOC)C(=O)CCCCCCCCCC. The molecular formula is C30H61NO3. The van der Waals surface area contributed by atoms with Crippen LogP contribution in [0.15, 0.2) is 0 Å². The molecule has 0 aromatic rings. The summed E-state index contributed by atoms with van der Waals surface area (Å²) in [6, 6.07) is 0. The molecule has 0 saturated carbocycles. The van der Waals surface area contributed by atoms with Gasteiger partial charge in [0.25, 0.3) is 0 Å². The minimum absolute atomic E-state index is 0.324. The molecule has 204 valence electrons. The summed E-state index contributed by atoms with van der Waals surface area (Å²) in [5.41, 5.74) is 0. The molecule has 0 rings (SSSR count). The van der Waals surface area contributed by atoms with Crippen molar-refractivity contribution in [2.75, 3.05) is 40.0 Å². The molecule has 0 saturated heterocycles. The molecule has 4 nitrogen and oxygen atoms in total. The maximum absolute atomic E-state index is 12.8. The lowest BCUT2D eigenvalue weighted by Crippen LogP contribution is -2.35. The fourth-order valence-electron chi connectivity index (χ4n) is 4.49. The predicted octanol–water partition coefficient (Wildman–Crippen LogP) is 8.71. The second-order valence-electron chi connectivity index (χ2n) is 10.1. The van der Waals surface area contributed by atoms with Gasteiger partial charge in [-0.15, -0.1) is 0 Å². The highest BCUT2D eigenvalue weighted by Crippen LogP contribution is 2.13. The summed E-state index contributed by atoms with van der Waals surface area (Å²) in [5, 5.41) is 0. The number of methoxy groups -OCH3 is 1. The average Bonchev–Trinajstić information content (AvgIpc) is 2.84. The fourth-order valence-corrected chi connectivity index (χ4v) is 4.49. The minimum atomic E-state index is 0.324. The van der Waals surface area contributed by atoms with Crippen molar-refractivity contribution in [2.45, 2.75) is 149 Å².